The largest absolute Gasteiger partial charge is 0.478 e. The van der Waals surface area contributed by atoms with Gasteiger partial charge >= 0.3 is 11.9 Å². The Kier molecular flexibility index (Phi) is 6.66. The molecule has 2 aromatic rings. The van der Waals surface area contributed by atoms with Crippen molar-refractivity contribution in [2.75, 3.05) is 0 Å². The van der Waals surface area contributed by atoms with Gasteiger partial charge in [-0.05, 0) is 89.2 Å². The number of hydrogen-bond donors (Lipinski definition) is 5. The maximum atomic E-state index is 13.1. The fourth-order valence-electron chi connectivity index (χ4n) is 9.96. The lowest BCUT2D eigenvalue weighted by Crippen LogP contribution is -2.74. The first kappa shape index (κ1) is 28.3. The van der Waals surface area contributed by atoms with Crippen LogP contribution in [0.5, 0.6) is 0 Å². The molecule has 8 N–H and O–H groups in total. The molecule has 4 aliphatic rings. The van der Waals surface area contributed by atoms with Crippen LogP contribution in [-0.2, 0) is 14.3 Å². The minimum Gasteiger partial charge on any atom is -0.478 e. The number of carbonyl (C=O) groups excluding carboxylic acids is 1. The fraction of sp³-hybridized carbons (Fsp3) is 0.576. The quantitative estimate of drug-likeness (QED) is 0.281. The van der Waals surface area contributed by atoms with E-state index in [2.05, 4.69) is 13.8 Å². The Morgan fingerprint density at radius 3 is 2.41 bits per heavy atom. The lowest BCUT2D eigenvalue weighted by molar-refractivity contribution is -0.158. The number of carboxylic acids is 1. The molecule has 220 valence electrons. The Balaban J connectivity index is 1.53. The predicted octanol–water partition coefficient (Wildman–Crippen LogP) is 3.58. The number of aliphatic carboxylic acids is 1. The van der Waals surface area contributed by atoms with Crippen LogP contribution in [0.15, 0.2) is 48.0 Å². The van der Waals surface area contributed by atoms with Crippen molar-refractivity contribution < 1.29 is 24.5 Å². The van der Waals surface area contributed by atoms with Gasteiger partial charge in [0.15, 0.2) is 0 Å². The molecule has 8 heteroatoms. The van der Waals surface area contributed by atoms with Crippen LogP contribution in [0.2, 0.25) is 0 Å². The molecule has 0 aliphatic heterocycles. The molecule has 6 rings (SSSR count). The maximum absolute atomic E-state index is 13.1. The van der Waals surface area contributed by atoms with Crippen molar-refractivity contribution in [3.8, 4) is 0 Å². The van der Waals surface area contributed by atoms with Crippen LogP contribution >= 0.6 is 0 Å². The second-order valence-corrected chi connectivity index (χ2v) is 13.7. The zero-order chi connectivity index (χ0) is 29.5. The van der Waals surface area contributed by atoms with Gasteiger partial charge in [-0.15, -0.1) is 0 Å². The monoisotopic (exact) mass is 561 g/mol. The molecule has 0 saturated heterocycles. The molecule has 0 amide bonds. The van der Waals surface area contributed by atoms with Crippen LogP contribution in [0.25, 0.3) is 16.3 Å². The van der Waals surface area contributed by atoms with Gasteiger partial charge in [-0.3, -0.25) is 4.79 Å². The minimum atomic E-state index is -1.07. The summed E-state index contributed by atoms with van der Waals surface area (Å²) in [5.41, 5.74) is 21.1. The van der Waals surface area contributed by atoms with Gasteiger partial charge in [0.05, 0.1) is 11.7 Å². The van der Waals surface area contributed by atoms with E-state index in [1.54, 1.807) is 0 Å². The molecule has 0 radical (unpaired) electrons. The van der Waals surface area contributed by atoms with Gasteiger partial charge < -0.3 is 32.2 Å². The summed E-state index contributed by atoms with van der Waals surface area (Å²) < 4.78 is 5.93. The molecule has 41 heavy (non-hydrogen) atoms. The highest BCUT2D eigenvalue weighted by Gasteiger charge is 2.71. The number of esters is 1. The van der Waals surface area contributed by atoms with Crippen molar-refractivity contribution >= 4 is 28.3 Å². The highest BCUT2D eigenvalue weighted by atomic mass is 16.5. The van der Waals surface area contributed by atoms with Gasteiger partial charge in [0.25, 0.3) is 0 Å². The predicted molar refractivity (Wildman–Crippen MR) is 157 cm³/mol. The average Bonchev–Trinajstić information content (AvgIpc) is 3.21. The summed E-state index contributed by atoms with van der Waals surface area (Å²) in [6.07, 6.45) is 2.68. The van der Waals surface area contributed by atoms with E-state index in [-0.39, 0.29) is 40.8 Å². The summed E-state index contributed by atoms with van der Waals surface area (Å²) in [4.78, 5) is 25.5. The summed E-state index contributed by atoms with van der Waals surface area (Å²) in [6.45, 7) is 5.76. The molecule has 4 aliphatic carbocycles. The van der Waals surface area contributed by atoms with E-state index < -0.39 is 35.1 Å². The molecular weight excluding hydrogens is 518 g/mol. The van der Waals surface area contributed by atoms with E-state index in [4.69, 9.17) is 21.9 Å². The third kappa shape index (κ3) is 4.02. The highest BCUT2D eigenvalue weighted by molar-refractivity contribution is 6.17. The molecule has 8 nitrogen and oxygen atoms in total. The van der Waals surface area contributed by atoms with E-state index in [0.29, 0.717) is 36.8 Å². The molecule has 4 fully saturated rings. The number of nitrogens with two attached hydrogens (primary N) is 3. The molecule has 0 bridgehead atoms. The van der Waals surface area contributed by atoms with Gasteiger partial charge in [0.1, 0.15) is 6.10 Å². The second kappa shape index (κ2) is 9.63. The van der Waals surface area contributed by atoms with E-state index in [1.807, 2.05) is 42.5 Å². The van der Waals surface area contributed by atoms with E-state index in [1.165, 1.54) is 6.92 Å². The number of ether oxygens (including phenoxy) is 1. The van der Waals surface area contributed by atoms with E-state index >= 15 is 0 Å². The zero-order valence-electron chi connectivity index (χ0n) is 24.2. The van der Waals surface area contributed by atoms with Crippen LogP contribution in [0.1, 0.15) is 64.9 Å². The molecule has 0 unspecified atom stereocenters. The molecule has 0 aromatic heterocycles. The first-order valence-electron chi connectivity index (χ1n) is 14.9. The molecule has 0 heterocycles. The number of carboxylic acid groups (broad SMARTS) is 1. The molecule has 0 spiro atoms. The number of carbonyl (C=O) groups is 2. The van der Waals surface area contributed by atoms with Crippen molar-refractivity contribution in [1.82, 2.24) is 0 Å². The van der Waals surface area contributed by atoms with E-state index in [9.17, 15) is 19.8 Å². The molecule has 10 atom stereocenters. The van der Waals surface area contributed by atoms with Crippen molar-refractivity contribution in [2.24, 2.45) is 45.8 Å². The lowest BCUT2D eigenvalue weighted by Gasteiger charge is -2.68. The Hall–Kier alpha value is -2.78. The molecule has 4 saturated carbocycles. The fourth-order valence-corrected chi connectivity index (χ4v) is 9.96. The zero-order valence-corrected chi connectivity index (χ0v) is 24.2. The molecule has 2 aromatic carbocycles. The summed E-state index contributed by atoms with van der Waals surface area (Å²) in [5.74, 6) is -1.74. The number of benzene rings is 2. The van der Waals surface area contributed by atoms with Gasteiger partial charge in [-0.2, -0.15) is 0 Å². The Morgan fingerprint density at radius 1 is 1.02 bits per heavy atom. The third-order valence-electron chi connectivity index (χ3n) is 11.8. The SMILES string of the molecule is CC(=O)O[C@H]1C[C@@]2(C)[C@H](/C1=C(/C(=O)O)c1ccc3ccccc3c1)[C@H](N)C[C@H]1[C@@]3(C)CC[C@@H](O)[C@@H](N)[C@@H]3CC[C@@]12N. The van der Waals surface area contributed by atoms with Gasteiger partial charge in [0.2, 0.25) is 0 Å². The van der Waals surface area contributed by atoms with Crippen LogP contribution in [-0.4, -0.2) is 52.0 Å². The topological polar surface area (TPSA) is 162 Å². The van der Waals surface area contributed by atoms with Crippen LogP contribution in [0.3, 0.4) is 0 Å². The second-order valence-electron chi connectivity index (χ2n) is 13.7. The van der Waals surface area contributed by atoms with Crippen LogP contribution in [0.4, 0.5) is 0 Å². The summed E-state index contributed by atoms with van der Waals surface area (Å²) in [5, 5.41) is 23.2. The number of aliphatic hydroxyl groups excluding tert-OH is 1. The number of fused-ring (bicyclic) bond motifs is 6. The van der Waals surface area contributed by atoms with Crippen LogP contribution in [0, 0.1) is 28.6 Å². The smallest absolute Gasteiger partial charge is 0.336 e. The van der Waals surface area contributed by atoms with Crippen molar-refractivity contribution in [3.05, 3.63) is 53.6 Å². The summed E-state index contributed by atoms with van der Waals surface area (Å²) in [7, 11) is 0. The van der Waals surface area contributed by atoms with Crippen LogP contribution < -0.4 is 17.2 Å². The Labute approximate surface area is 241 Å². The molecular formula is C33H43N3O5. The summed E-state index contributed by atoms with van der Waals surface area (Å²) >= 11 is 0. The standard InChI is InChI=1S/C33H43N3O5/c1-17(37)41-24-16-32(3)28(27(24)26(30(39)40)20-9-8-18-6-4-5-7-19(18)14-20)22(34)15-25-31(2)12-11-23(38)29(35)21(31)10-13-33(25,32)36/h4-9,14,21-25,28-29,38H,10-13,15-16,34-36H2,1-3H3,(H,39,40)/b27-26+/t21-,22+,23+,24-,25-,28-,29-,31-,32-,33+/m0/s1. The number of hydrogen-bond acceptors (Lipinski definition) is 7. The number of aliphatic hydroxyl groups is 1. The minimum absolute atomic E-state index is 0.0369. The normalized spacial score (nSPS) is 43.0. The average molecular weight is 562 g/mol. The van der Waals surface area contributed by atoms with E-state index in [0.717, 1.165) is 23.6 Å². The van der Waals surface area contributed by atoms with Gasteiger partial charge in [0, 0.05) is 30.5 Å². The van der Waals surface area contributed by atoms with Gasteiger partial charge in [-0.25, -0.2) is 4.79 Å². The lowest BCUT2D eigenvalue weighted by atomic mass is 9.39. The first-order chi connectivity index (χ1) is 19.3. The van der Waals surface area contributed by atoms with Gasteiger partial charge in [-0.1, -0.05) is 50.2 Å². The van der Waals surface area contributed by atoms with Crippen molar-refractivity contribution in [3.63, 3.8) is 0 Å². The Bertz CT molecular complexity index is 1440. The number of rotatable bonds is 3. The Morgan fingerprint density at radius 2 is 1.73 bits per heavy atom. The van der Waals surface area contributed by atoms with Crippen molar-refractivity contribution in [1.29, 1.82) is 0 Å². The summed E-state index contributed by atoms with van der Waals surface area (Å²) in [6, 6.07) is 12.8. The third-order valence-corrected chi connectivity index (χ3v) is 11.8. The first-order valence-corrected chi connectivity index (χ1v) is 14.9. The maximum Gasteiger partial charge on any atom is 0.336 e. The highest BCUT2D eigenvalue weighted by Crippen LogP contribution is 2.69. The van der Waals surface area contributed by atoms with Crippen molar-refractivity contribution in [2.45, 2.75) is 89.1 Å².